The van der Waals surface area contributed by atoms with Crippen LogP contribution in [0.3, 0.4) is 0 Å². The predicted octanol–water partition coefficient (Wildman–Crippen LogP) is 0.344. The van der Waals surface area contributed by atoms with Gasteiger partial charge in [-0.1, -0.05) is 0 Å². The van der Waals surface area contributed by atoms with Crippen LogP contribution in [0.25, 0.3) is 11.0 Å². The van der Waals surface area contributed by atoms with Crippen LogP contribution in [0.5, 0.6) is 0 Å². The van der Waals surface area contributed by atoms with E-state index in [-0.39, 0.29) is 12.6 Å². The number of nitrogens with zero attached hydrogens (tertiary/aromatic N) is 3. The summed E-state index contributed by atoms with van der Waals surface area (Å²) in [6.45, 7) is 2.92. The van der Waals surface area contributed by atoms with Gasteiger partial charge in [0.15, 0.2) is 0 Å². The molecule has 2 aromatic rings. The minimum absolute atomic E-state index is 0.168. The van der Waals surface area contributed by atoms with Crippen molar-refractivity contribution in [3.05, 3.63) is 24.5 Å². The second kappa shape index (κ2) is 4.59. The molecular formula is C13H18N4O. The second-order valence-corrected chi connectivity index (χ2v) is 4.81. The molecule has 18 heavy (non-hydrogen) atoms. The predicted molar refractivity (Wildman–Crippen MR) is 71.8 cm³/mol. The lowest BCUT2D eigenvalue weighted by atomic mass is 10.2. The molecule has 5 nitrogen and oxygen atoms in total. The Morgan fingerprint density at radius 3 is 3.22 bits per heavy atom. The van der Waals surface area contributed by atoms with Crippen molar-refractivity contribution in [2.24, 2.45) is 7.05 Å². The van der Waals surface area contributed by atoms with Crippen molar-refractivity contribution < 1.29 is 5.11 Å². The highest BCUT2D eigenvalue weighted by Gasteiger charge is 2.19. The van der Waals surface area contributed by atoms with Crippen molar-refractivity contribution in [1.29, 1.82) is 0 Å². The van der Waals surface area contributed by atoms with Gasteiger partial charge in [-0.05, 0) is 18.2 Å². The minimum Gasteiger partial charge on any atom is -0.395 e. The minimum atomic E-state index is 0.168. The summed E-state index contributed by atoms with van der Waals surface area (Å²) in [5.74, 6) is 0. The number of hydrogen-bond donors (Lipinski definition) is 2. The molecule has 0 aliphatic carbocycles. The Bertz CT molecular complexity index is 551. The van der Waals surface area contributed by atoms with Crippen LogP contribution in [0, 0.1) is 0 Å². The van der Waals surface area contributed by atoms with Gasteiger partial charge in [0, 0.05) is 38.4 Å². The molecule has 0 saturated carbocycles. The van der Waals surface area contributed by atoms with Crippen LogP contribution in [0.15, 0.2) is 24.5 Å². The third kappa shape index (κ3) is 1.95. The van der Waals surface area contributed by atoms with E-state index in [1.165, 1.54) is 5.69 Å². The zero-order chi connectivity index (χ0) is 12.5. The lowest BCUT2D eigenvalue weighted by molar-refractivity contribution is 0.235. The molecule has 1 aliphatic heterocycles. The van der Waals surface area contributed by atoms with Gasteiger partial charge in [-0.2, -0.15) is 0 Å². The average Bonchev–Trinajstić information content (AvgIpc) is 2.80. The summed E-state index contributed by atoms with van der Waals surface area (Å²) >= 11 is 0. The molecule has 5 heteroatoms. The van der Waals surface area contributed by atoms with Crippen molar-refractivity contribution in [2.45, 2.75) is 6.04 Å². The summed E-state index contributed by atoms with van der Waals surface area (Å²) in [6, 6.07) is 6.50. The van der Waals surface area contributed by atoms with Gasteiger partial charge in [0.2, 0.25) is 0 Å². The van der Waals surface area contributed by atoms with Gasteiger partial charge in [0.05, 0.1) is 24.0 Å². The largest absolute Gasteiger partial charge is 0.395 e. The Morgan fingerprint density at radius 2 is 2.39 bits per heavy atom. The highest BCUT2D eigenvalue weighted by molar-refractivity contribution is 5.79. The number of piperazine rings is 1. The molecule has 2 N–H and O–H groups in total. The number of hydrogen-bond acceptors (Lipinski definition) is 4. The fraction of sp³-hybridized carbons (Fsp3) is 0.462. The van der Waals surface area contributed by atoms with Gasteiger partial charge >= 0.3 is 0 Å². The maximum atomic E-state index is 9.24. The number of nitrogens with one attached hydrogen (secondary N) is 1. The van der Waals surface area contributed by atoms with Crippen molar-refractivity contribution in [3.8, 4) is 0 Å². The van der Waals surface area contributed by atoms with E-state index < -0.39 is 0 Å². The highest BCUT2D eigenvalue weighted by Crippen LogP contribution is 2.22. The quantitative estimate of drug-likeness (QED) is 0.802. The first-order chi connectivity index (χ1) is 8.78. The standard InChI is InChI=1S/C13H18N4O/c1-16-9-15-12-3-2-11(6-13(12)16)17-5-4-14-10(7-17)8-18/h2-3,6,9-10,14,18H,4-5,7-8H2,1H3. The van der Waals surface area contributed by atoms with Crippen LogP contribution in [0.4, 0.5) is 5.69 Å². The van der Waals surface area contributed by atoms with Crippen LogP contribution in [-0.2, 0) is 7.05 Å². The normalized spacial score (nSPS) is 20.6. The number of anilines is 1. The van der Waals surface area contributed by atoms with Gasteiger partial charge in [-0.25, -0.2) is 4.98 Å². The molecule has 1 aromatic heterocycles. The molecule has 0 radical (unpaired) electrons. The van der Waals surface area contributed by atoms with Gasteiger partial charge in [0.1, 0.15) is 0 Å². The Hall–Kier alpha value is -1.59. The molecule has 3 rings (SSSR count). The third-order valence-corrected chi connectivity index (χ3v) is 3.55. The molecule has 1 aromatic carbocycles. The van der Waals surface area contributed by atoms with E-state index in [2.05, 4.69) is 33.4 Å². The SMILES string of the molecule is Cn1cnc2ccc(N3CCNC(CO)C3)cc21. The number of aliphatic hydroxyl groups is 1. The zero-order valence-corrected chi connectivity index (χ0v) is 10.5. The molecular weight excluding hydrogens is 228 g/mol. The van der Waals surface area contributed by atoms with Crippen LogP contribution in [-0.4, -0.2) is 46.9 Å². The Kier molecular flexibility index (Phi) is 2.93. The van der Waals surface area contributed by atoms with Crippen molar-refractivity contribution in [3.63, 3.8) is 0 Å². The van der Waals surface area contributed by atoms with E-state index in [0.29, 0.717) is 0 Å². The number of imidazole rings is 1. The molecule has 1 unspecified atom stereocenters. The lowest BCUT2D eigenvalue weighted by Gasteiger charge is -2.34. The van der Waals surface area contributed by atoms with Crippen LogP contribution >= 0.6 is 0 Å². The van der Waals surface area contributed by atoms with E-state index in [1.807, 2.05) is 17.9 Å². The first kappa shape index (κ1) is 11.5. The first-order valence-electron chi connectivity index (χ1n) is 6.28. The van der Waals surface area contributed by atoms with Crippen LogP contribution in [0.2, 0.25) is 0 Å². The fourth-order valence-electron chi connectivity index (χ4n) is 2.49. The molecule has 1 atom stereocenters. The van der Waals surface area contributed by atoms with Crippen molar-refractivity contribution >= 4 is 16.7 Å². The number of aryl methyl sites for hydroxylation is 1. The molecule has 0 bridgehead atoms. The van der Waals surface area contributed by atoms with Crippen LogP contribution < -0.4 is 10.2 Å². The number of aliphatic hydroxyl groups excluding tert-OH is 1. The van der Waals surface area contributed by atoms with Crippen molar-refractivity contribution in [1.82, 2.24) is 14.9 Å². The molecule has 1 aliphatic rings. The Balaban J connectivity index is 1.91. The number of fused-ring (bicyclic) bond motifs is 1. The Labute approximate surface area is 106 Å². The first-order valence-corrected chi connectivity index (χ1v) is 6.28. The number of rotatable bonds is 2. The third-order valence-electron chi connectivity index (χ3n) is 3.55. The lowest BCUT2D eigenvalue weighted by Crippen LogP contribution is -2.52. The topological polar surface area (TPSA) is 53.3 Å². The van der Waals surface area contributed by atoms with E-state index in [1.54, 1.807) is 0 Å². The Morgan fingerprint density at radius 1 is 1.50 bits per heavy atom. The maximum absolute atomic E-state index is 9.24. The smallest absolute Gasteiger partial charge is 0.0955 e. The van der Waals surface area contributed by atoms with Gasteiger partial charge < -0.3 is 19.9 Å². The summed E-state index contributed by atoms with van der Waals surface area (Å²) < 4.78 is 2.03. The zero-order valence-electron chi connectivity index (χ0n) is 10.5. The number of benzene rings is 1. The van der Waals surface area contributed by atoms with E-state index >= 15 is 0 Å². The van der Waals surface area contributed by atoms with Gasteiger partial charge in [-0.3, -0.25) is 0 Å². The summed E-state index contributed by atoms with van der Waals surface area (Å²) in [4.78, 5) is 6.64. The fourth-order valence-corrected chi connectivity index (χ4v) is 2.49. The second-order valence-electron chi connectivity index (χ2n) is 4.81. The van der Waals surface area contributed by atoms with E-state index in [0.717, 1.165) is 30.7 Å². The number of aromatic nitrogens is 2. The van der Waals surface area contributed by atoms with Crippen LogP contribution in [0.1, 0.15) is 0 Å². The summed E-state index contributed by atoms with van der Waals surface area (Å²) in [5, 5.41) is 12.5. The molecule has 1 fully saturated rings. The summed E-state index contributed by atoms with van der Waals surface area (Å²) in [6.07, 6.45) is 1.84. The molecule has 0 amide bonds. The monoisotopic (exact) mass is 246 g/mol. The average molecular weight is 246 g/mol. The van der Waals surface area contributed by atoms with E-state index in [4.69, 9.17) is 0 Å². The molecule has 2 heterocycles. The highest BCUT2D eigenvalue weighted by atomic mass is 16.3. The maximum Gasteiger partial charge on any atom is 0.0955 e. The van der Waals surface area contributed by atoms with Gasteiger partial charge in [-0.15, -0.1) is 0 Å². The summed E-state index contributed by atoms with van der Waals surface area (Å²) in [7, 11) is 2.01. The molecule has 0 spiro atoms. The van der Waals surface area contributed by atoms with Crippen molar-refractivity contribution in [2.75, 3.05) is 31.1 Å². The van der Waals surface area contributed by atoms with Gasteiger partial charge in [0.25, 0.3) is 0 Å². The van der Waals surface area contributed by atoms with E-state index in [9.17, 15) is 5.11 Å². The summed E-state index contributed by atoms with van der Waals surface area (Å²) in [5.41, 5.74) is 3.37. The molecule has 1 saturated heterocycles. The molecule has 96 valence electrons.